The standard InChI is InChI=1S/C26H23N3OS.ClH/c30-26(28-22-10-12-25-24(16-22)27-18-31-25)20-9-11-23(19-7-3-1-4-8-19)21(15-20)17-29-13-5-2-6-14-29;/h1-5,7-12,15-16,18H,6,13-14,17H2,(H,28,30);1H. The van der Waals surface area contributed by atoms with Crippen molar-refractivity contribution in [2.45, 2.75) is 13.0 Å². The number of thiazole rings is 1. The molecule has 0 saturated heterocycles. The second kappa shape index (κ2) is 10.1. The largest absolute Gasteiger partial charge is 0.322 e. The van der Waals surface area contributed by atoms with E-state index < -0.39 is 0 Å². The number of nitrogens with zero attached hydrogens (tertiary/aromatic N) is 2. The molecule has 0 spiro atoms. The first kappa shape index (κ1) is 22.2. The highest BCUT2D eigenvalue weighted by molar-refractivity contribution is 7.16. The van der Waals surface area contributed by atoms with Gasteiger partial charge in [0.05, 0.1) is 15.7 Å². The van der Waals surface area contributed by atoms with Gasteiger partial charge in [-0.3, -0.25) is 9.69 Å². The summed E-state index contributed by atoms with van der Waals surface area (Å²) in [5, 5.41) is 3.03. The van der Waals surface area contributed by atoms with Crippen molar-refractivity contribution in [2.24, 2.45) is 0 Å². The smallest absolute Gasteiger partial charge is 0.255 e. The minimum Gasteiger partial charge on any atom is -0.322 e. The molecule has 0 bridgehead atoms. The summed E-state index contributed by atoms with van der Waals surface area (Å²) in [6.45, 7) is 2.80. The zero-order valence-electron chi connectivity index (χ0n) is 17.5. The molecule has 0 aliphatic carbocycles. The Morgan fingerprint density at radius 1 is 1.03 bits per heavy atom. The molecule has 0 radical (unpaired) electrons. The van der Waals surface area contributed by atoms with E-state index in [4.69, 9.17) is 0 Å². The van der Waals surface area contributed by atoms with Crippen molar-refractivity contribution in [1.82, 2.24) is 9.88 Å². The van der Waals surface area contributed by atoms with Gasteiger partial charge in [0.1, 0.15) is 0 Å². The zero-order chi connectivity index (χ0) is 21.0. The molecule has 2 heterocycles. The van der Waals surface area contributed by atoms with Gasteiger partial charge in [0.25, 0.3) is 5.91 Å². The number of nitrogens with one attached hydrogen (secondary N) is 1. The number of fused-ring (bicyclic) bond motifs is 1. The molecule has 32 heavy (non-hydrogen) atoms. The average Bonchev–Trinajstić information content (AvgIpc) is 3.28. The van der Waals surface area contributed by atoms with Crippen molar-refractivity contribution in [2.75, 3.05) is 18.4 Å². The van der Waals surface area contributed by atoms with Crippen LogP contribution in [0.3, 0.4) is 0 Å². The lowest BCUT2D eigenvalue weighted by Crippen LogP contribution is -2.27. The first-order valence-corrected chi connectivity index (χ1v) is 11.3. The zero-order valence-corrected chi connectivity index (χ0v) is 19.2. The van der Waals surface area contributed by atoms with Crippen LogP contribution in [0.4, 0.5) is 5.69 Å². The molecule has 1 amide bonds. The maximum Gasteiger partial charge on any atom is 0.255 e. The highest BCUT2D eigenvalue weighted by Crippen LogP contribution is 2.27. The highest BCUT2D eigenvalue weighted by Gasteiger charge is 2.15. The van der Waals surface area contributed by atoms with Crippen molar-refractivity contribution in [3.05, 3.63) is 95.5 Å². The average molecular weight is 462 g/mol. The summed E-state index contributed by atoms with van der Waals surface area (Å²) in [6.07, 6.45) is 5.52. The predicted molar refractivity (Wildman–Crippen MR) is 136 cm³/mol. The number of rotatable bonds is 5. The van der Waals surface area contributed by atoms with Crippen LogP contribution in [0.5, 0.6) is 0 Å². The first-order chi connectivity index (χ1) is 15.3. The molecule has 6 heteroatoms. The van der Waals surface area contributed by atoms with Crippen molar-refractivity contribution < 1.29 is 4.79 Å². The van der Waals surface area contributed by atoms with Crippen LogP contribution >= 0.6 is 23.7 Å². The first-order valence-electron chi connectivity index (χ1n) is 10.5. The Morgan fingerprint density at radius 2 is 1.91 bits per heavy atom. The molecule has 4 nitrogen and oxygen atoms in total. The topological polar surface area (TPSA) is 45.2 Å². The molecule has 162 valence electrons. The van der Waals surface area contributed by atoms with Crippen LogP contribution in [-0.4, -0.2) is 28.9 Å². The molecular weight excluding hydrogens is 438 g/mol. The number of hydrogen-bond donors (Lipinski definition) is 1. The summed E-state index contributed by atoms with van der Waals surface area (Å²) < 4.78 is 1.11. The van der Waals surface area contributed by atoms with E-state index in [0.717, 1.165) is 42.0 Å². The van der Waals surface area contributed by atoms with Gasteiger partial charge in [-0.25, -0.2) is 4.98 Å². The molecule has 0 saturated carbocycles. The van der Waals surface area contributed by atoms with Crippen molar-refractivity contribution in [1.29, 1.82) is 0 Å². The highest BCUT2D eigenvalue weighted by atomic mass is 35.5. The van der Waals surface area contributed by atoms with E-state index >= 15 is 0 Å². The van der Waals surface area contributed by atoms with Crippen LogP contribution in [-0.2, 0) is 6.54 Å². The fraction of sp³-hybridized carbons (Fsp3) is 0.154. The summed E-state index contributed by atoms with van der Waals surface area (Å²) >= 11 is 1.60. The van der Waals surface area contributed by atoms with Gasteiger partial charge in [-0.1, -0.05) is 48.6 Å². The number of hydrogen-bond acceptors (Lipinski definition) is 4. The lowest BCUT2D eigenvalue weighted by atomic mass is 9.96. The Bertz CT molecular complexity index is 1250. The number of carbonyl (C=O) groups is 1. The Hall–Kier alpha value is -2.99. The van der Waals surface area contributed by atoms with Crippen LogP contribution in [0.25, 0.3) is 21.3 Å². The lowest BCUT2D eigenvalue weighted by Gasteiger charge is -2.24. The van der Waals surface area contributed by atoms with E-state index in [1.807, 2.05) is 41.9 Å². The number of anilines is 1. The monoisotopic (exact) mass is 461 g/mol. The molecule has 1 aliphatic heterocycles. The third kappa shape index (κ3) is 4.91. The van der Waals surface area contributed by atoms with E-state index in [1.54, 1.807) is 11.3 Å². The molecule has 1 aliphatic rings. The van der Waals surface area contributed by atoms with Crippen LogP contribution < -0.4 is 5.32 Å². The molecule has 5 rings (SSSR count). The minimum atomic E-state index is -0.103. The Labute approximate surface area is 198 Å². The summed E-state index contributed by atoms with van der Waals surface area (Å²) in [6, 6.07) is 22.3. The molecule has 4 aromatic rings. The second-order valence-electron chi connectivity index (χ2n) is 7.72. The van der Waals surface area contributed by atoms with Gasteiger partial charge < -0.3 is 5.32 Å². The van der Waals surface area contributed by atoms with Crippen LogP contribution in [0.1, 0.15) is 22.3 Å². The molecule has 0 unspecified atom stereocenters. The number of amides is 1. The van der Waals surface area contributed by atoms with E-state index in [1.165, 1.54) is 16.7 Å². The third-order valence-electron chi connectivity index (χ3n) is 5.58. The van der Waals surface area contributed by atoms with Crippen molar-refractivity contribution >= 4 is 45.6 Å². The fourth-order valence-electron chi connectivity index (χ4n) is 3.98. The van der Waals surface area contributed by atoms with Gasteiger partial charge in [0.15, 0.2) is 0 Å². The van der Waals surface area contributed by atoms with Crippen molar-refractivity contribution in [3.63, 3.8) is 0 Å². The molecule has 1 N–H and O–H groups in total. The van der Waals surface area contributed by atoms with Gasteiger partial charge in [-0.05, 0) is 53.4 Å². The molecule has 0 atom stereocenters. The fourth-order valence-corrected chi connectivity index (χ4v) is 4.64. The van der Waals surface area contributed by atoms with Crippen molar-refractivity contribution in [3.8, 4) is 11.1 Å². The second-order valence-corrected chi connectivity index (χ2v) is 8.61. The maximum absolute atomic E-state index is 13.0. The van der Waals surface area contributed by atoms with E-state index in [9.17, 15) is 4.79 Å². The minimum absolute atomic E-state index is 0. The van der Waals surface area contributed by atoms with Gasteiger partial charge in [0.2, 0.25) is 0 Å². The summed E-state index contributed by atoms with van der Waals surface area (Å²) in [4.78, 5) is 19.8. The number of benzene rings is 3. The Morgan fingerprint density at radius 3 is 2.72 bits per heavy atom. The molecule has 0 fully saturated rings. The lowest BCUT2D eigenvalue weighted by molar-refractivity contribution is 0.102. The van der Waals surface area contributed by atoms with Gasteiger partial charge >= 0.3 is 0 Å². The normalized spacial score (nSPS) is 13.6. The summed E-state index contributed by atoms with van der Waals surface area (Å²) in [5.41, 5.74) is 7.67. The summed E-state index contributed by atoms with van der Waals surface area (Å²) in [5.74, 6) is -0.103. The van der Waals surface area contributed by atoms with Crippen LogP contribution in [0.15, 0.2) is 84.4 Å². The Balaban J connectivity index is 0.00000245. The number of halogens is 1. The maximum atomic E-state index is 13.0. The molecular formula is C26H24ClN3OS. The quantitative estimate of drug-likeness (QED) is 0.350. The summed E-state index contributed by atoms with van der Waals surface area (Å²) in [7, 11) is 0. The third-order valence-corrected chi connectivity index (χ3v) is 6.39. The van der Waals surface area contributed by atoms with Gasteiger partial charge in [-0.2, -0.15) is 0 Å². The van der Waals surface area contributed by atoms with Gasteiger partial charge in [0, 0.05) is 30.9 Å². The van der Waals surface area contributed by atoms with Crippen LogP contribution in [0, 0.1) is 0 Å². The molecule has 3 aromatic carbocycles. The Kier molecular flexibility index (Phi) is 7.00. The predicted octanol–water partition coefficient (Wildman–Crippen LogP) is 6.40. The number of aromatic nitrogens is 1. The SMILES string of the molecule is Cl.O=C(Nc1ccc2scnc2c1)c1ccc(-c2ccccc2)c(CN2CC=CCC2)c1. The van der Waals surface area contributed by atoms with Crippen LogP contribution in [0.2, 0.25) is 0 Å². The molecule has 1 aromatic heterocycles. The van der Waals surface area contributed by atoms with E-state index in [2.05, 4.69) is 57.7 Å². The number of carbonyl (C=O) groups excluding carboxylic acids is 1. The van der Waals surface area contributed by atoms with Gasteiger partial charge in [-0.15, -0.1) is 23.7 Å². The van der Waals surface area contributed by atoms with E-state index in [-0.39, 0.29) is 18.3 Å². The van der Waals surface area contributed by atoms with E-state index in [0.29, 0.717) is 5.56 Å².